The van der Waals surface area contributed by atoms with Crippen molar-refractivity contribution in [3.05, 3.63) is 77.5 Å². The highest BCUT2D eigenvalue weighted by molar-refractivity contribution is 7.99. The number of hydrogen-bond donors (Lipinski definition) is 1. The molecule has 2 amide bonds. The van der Waals surface area contributed by atoms with E-state index in [0.717, 1.165) is 5.56 Å². The lowest BCUT2D eigenvalue weighted by Crippen LogP contribution is -2.44. The van der Waals surface area contributed by atoms with E-state index in [2.05, 4.69) is 16.5 Å². The van der Waals surface area contributed by atoms with Crippen molar-refractivity contribution in [1.82, 2.24) is 19.7 Å². The van der Waals surface area contributed by atoms with Gasteiger partial charge >= 0.3 is 0 Å². The van der Waals surface area contributed by atoms with Crippen LogP contribution in [-0.2, 0) is 11.8 Å². The molecule has 1 atom stereocenters. The standard InChI is InChI=1S/C26H22N6O2S/c1-16-23-20(12-21(18-6-4-3-5-7-18)29-24(23)31(2)30-16)26(34)32-15-35-14-22(32)25(33)28-19-10-8-17(13-27)9-11-19/h3-12,22H,14-15H2,1-2H3,(H,28,33). The van der Waals surface area contributed by atoms with Gasteiger partial charge in [-0.15, -0.1) is 11.8 Å². The third-order valence-electron chi connectivity index (χ3n) is 6.00. The Kier molecular flexibility index (Phi) is 5.97. The van der Waals surface area contributed by atoms with Crippen LogP contribution >= 0.6 is 11.8 Å². The second-order valence-electron chi connectivity index (χ2n) is 8.30. The number of hydrogen-bond acceptors (Lipinski definition) is 6. The van der Waals surface area contributed by atoms with Crippen molar-refractivity contribution in [3.63, 3.8) is 0 Å². The fourth-order valence-corrected chi connectivity index (χ4v) is 5.39. The van der Waals surface area contributed by atoms with Gasteiger partial charge in [0.2, 0.25) is 5.91 Å². The van der Waals surface area contributed by atoms with Gasteiger partial charge in [-0.3, -0.25) is 14.3 Å². The van der Waals surface area contributed by atoms with Crippen molar-refractivity contribution in [2.75, 3.05) is 16.9 Å². The van der Waals surface area contributed by atoms with Gasteiger partial charge in [0.15, 0.2) is 5.65 Å². The highest BCUT2D eigenvalue weighted by atomic mass is 32.2. The van der Waals surface area contributed by atoms with E-state index in [0.29, 0.717) is 50.9 Å². The summed E-state index contributed by atoms with van der Waals surface area (Å²) in [6.45, 7) is 1.86. The van der Waals surface area contributed by atoms with Crippen LogP contribution in [0.2, 0.25) is 0 Å². The topological polar surface area (TPSA) is 104 Å². The number of aryl methyl sites for hydroxylation is 2. The predicted molar refractivity (Wildman–Crippen MR) is 136 cm³/mol. The minimum Gasteiger partial charge on any atom is -0.324 e. The van der Waals surface area contributed by atoms with E-state index < -0.39 is 6.04 Å². The number of pyridine rings is 1. The SMILES string of the molecule is Cc1nn(C)c2nc(-c3ccccc3)cc(C(=O)N3CSCC3C(=O)Nc3ccc(C#N)cc3)c12. The Bertz CT molecular complexity index is 1470. The van der Waals surface area contributed by atoms with Crippen LogP contribution in [0.3, 0.4) is 0 Å². The normalized spacial score (nSPS) is 15.2. The van der Waals surface area contributed by atoms with Crippen molar-refractivity contribution in [2.24, 2.45) is 7.05 Å². The lowest BCUT2D eigenvalue weighted by atomic mass is 10.0. The molecule has 1 saturated heterocycles. The molecule has 0 saturated carbocycles. The molecule has 1 aliphatic heterocycles. The number of carbonyl (C=O) groups excluding carboxylic acids is 2. The van der Waals surface area contributed by atoms with Gasteiger partial charge in [-0.05, 0) is 37.3 Å². The number of benzene rings is 2. The first-order valence-electron chi connectivity index (χ1n) is 11.1. The number of fused-ring (bicyclic) bond motifs is 1. The zero-order chi connectivity index (χ0) is 24.5. The molecule has 1 fully saturated rings. The second-order valence-corrected chi connectivity index (χ2v) is 9.30. The minimum absolute atomic E-state index is 0.226. The van der Waals surface area contributed by atoms with Crippen LogP contribution in [0, 0.1) is 18.3 Å². The molecule has 2 aromatic carbocycles. The molecule has 8 nitrogen and oxygen atoms in total. The summed E-state index contributed by atoms with van der Waals surface area (Å²) in [5.41, 5.74) is 4.49. The highest BCUT2D eigenvalue weighted by Crippen LogP contribution is 2.31. The summed E-state index contributed by atoms with van der Waals surface area (Å²) >= 11 is 1.54. The number of nitrogens with zero attached hydrogens (tertiary/aromatic N) is 5. The van der Waals surface area contributed by atoms with E-state index in [1.54, 1.807) is 39.9 Å². The number of aromatic nitrogens is 3. The number of nitrogens with one attached hydrogen (secondary N) is 1. The van der Waals surface area contributed by atoms with E-state index in [-0.39, 0.29) is 11.8 Å². The number of anilines is 1. The maximum absolute atomic E-state index is 13.9. The molecule has 0 spiro atoms. The first-order chi connectivity index (χ1) is 17.0. The van der Waals surface area contributed by atoms with Gasteiger partial charge in [-0.25, -0.2) is 4.98 Å². The first-order valence-corrected chi connectivity index (χ1v) is 12.2. The molecular formula is C26H22N6O2S. The number of nitriles is 1. The first kappa shape index (κ1) is 22.6. The quantitative estimate of drug-likeness (QED) is 0.472. The molecule has 35 heavy (non-hydrogen) atoms. The van der Waals surface area contributed by atoms with Crippen molar-refractivity contribution in [2.45, 2.75) is 13.0 Å². The van der Waals surface area contributed by atoms with E-state index in [9.17, 15) is 9.59 Å². The molecule has 5 rings (SSSR count). The van der Waals surface area contributed by atoms with Crippen molar-refractivity contribution < 1.29 is 9.59 Å². The Morgan fingerprint density at radius 3 is 2.60 bits per heavy atom. The van der Waals surface area contributed by atoms with Crippen molar-refractivity contribution in [1.29, 1.82) is 5.26 Å². The van der Waals surface area contributed by atoms with Crippen LogP contribution in [-0.4, -0.2) is 49.2 Å². The third-order valence-corrected chi connectivity index (χ3v) is 7.01. The molecule has 3 heterocycles. The Morgan fingerprint density at radius 2 is 1.89 bits per heavy atom. The summed E-state index contributed by atoms with van der Waals surface area (Å²) in [4.78, 5) is 33.4. The number of amides is 2. The van der Waals surface area contributed by atoms with Crippen molar-refractivity contribution >= 4 is 40.3 Å². The van der Waals surface area contributed by atoms with Gasteiger partial charge in [0, 0.05) is 24.1 Å². The fraction of sp³-hybridized carbons (Fsp3) is 0.192. The van der Waals surface area contributed by atoms with E-state index in [4.69, 9.17) is 10.2 Å². The molecular weight excluding hydrogens is 460 g/mol. The fourth-order valence-electron chi connectivity index (χ4n) is 4.24. The summed E-state index contributed by atoms with van der Waals surface area (Å²) in [5, 5.41) is 17.0. The third kappa shape index (κ3) is 4.24. The van der Waals surface area contributed by atoms with Crippen LogP contribution in [0.5, 0.6) is 0 Å². The van der Waals surface area contributed by atoms with Gasteiger partial charge in [0.05, 0.1) is 39.8 Å². The summed E-state index contributed by atoms with van der Waals surface area (Å²) in [7, 11) is 1.81. The van der Waals surface area contributed by atoms with Gasteiger partial charge in [-0.1, -0.05) is 30.3 Å². The molecule has 0 bridgehead atoms. The maximum Gasteiger partial charge on any atom is 0.256 e. The number of rotatable bonds is 4. The van der Waals surface area contributed by atoms with Crippen LogP contribution in [0.15, 0.2) is 60.7 Å². The van der Waals surface area contributed by atoms with E-state index >= 15 is 0 Å². The van der Waals surface area contributed by atoms with Gasteiger partial charge < -0.3 is 10.2 Å². The Labute approximate surface area is 206 Å². The number of thioether (sulfide) groups is 1. The lowest BCUT2D eigenvalue weighted by molar-refractivity contribution is -0.119. The molecule has 4 aromatic rings. The molecule has 0 radical (unpaired) electrons. The van der Waals surface area contributed by atoms with E-state index in [1.165, 1.54) is 11.8 Å². The molecule has 1 aliphatic rings. The minimum atomic E-state index is -0.622. The lowest BCUT2D eigenvalue weighted by Gasteiger charge is -2.24. The van der Waals surface area contributed by atoms with Crippen LogP contribution in [0.4, 0.5) is 5.69 Å². The van der Waals surface area contributed by atoms with Crippen LogP contribution < -0.4 is 5.32 Å². The molecule has 9 heteroatoms. The molecule has 2 aromatic heterocycles. The van der Waals surface area contributed by atoms with Crippen LogP contribution in [0.1, 0.15) is 21.6 Å². The molecule has 174 valence electrons. The smallest absolute Gasteiger partial charge is 0.256 e. The largest absolute Gasteiger partial charge is 0.324 e. The zero-order valence-corrected chi connectivity index (χ0v) is 20.0. The summed E-state index contributed by atoms with van der Waals surface area (Å²) < 4.78 is 1.68. The average molecular weight is 483 g/mol. The Hall–Kier alpha value is -4.16. The monoisotopic (exact) mass is 482 g/mol. The van der Waals surface area contributed by atoms with E-state index in [1.807, 2.05) is 44.3 Å². The van der Waals surface area contributed by atoms with Gasteiger partial charge in [-0.2, -0.15) is 10.4 Å². The molecule has 0 aliphatic carbocycles. The predicted octanol–water partition coefficient (Wildman–Crippen LogP) is 3.97. The zero-order valence-electron chi connectivity index (χ0n) is 19.2. The molecule has 1 N–H and O–H groups in total. The van der Waals surface area contributed by atoms with Crippen molar-refractivity contribution in [3.8, 4) is 17.3 Å². The second kappa shape index (κ2) is 9.24. The maximum atomic E-state index is 13.9. The average Bonchev–Trinajstić information content (AvgIpc) is 3.49. The number of carbonyl (C=O) groups is 2. The summed E-state index contributed by atoms with van der Waals surface area (Å²) in [5.74, 6) is 0.425. The Morgan fingerprint density at radius 1 is 1.14 bits per heavy atom. The van der Waals surface area contributed by atoms with Crippen LogP contribution in [0.25, 0.3) is 22.3 Å². The van der Waals surface area contributed by atoms with Gasteiger partial charge in [0.25, 0.3) is 5.91 Å². The molecule has 1 unspecified atom stereocenters. The summed E-state index contributed by atoms with van der Waals surface area (Å²) in [6.07, 6.45) is 0. The summed E-state index contributed by atoms with van der Waals surface area (Å²) in [6, 6.07) is 19.6. The van der Waals surface area contributed by atoms with Gasteiger partial charge in [0.1, 0.15) is 6.04 Å². The highest BCUT2D eigenvalue weighted by Gasteiger charge is 2.36. The Balaban J connectivity index is 1.50.